The van der Waals surface area contributed by atoms with Crippen molar-refractivity contribution in [1.82, 2.24) is 4.90 Å². The van der Waals surface area contributed by atoms with Crippen LogP contribution in [0.5, 0.6) is 0 Å². The highest BCUT2D eigenvalue weighted by molar-refractivity contribution is 6.12. The average molecular weight is 594 g/mol. The average Bonchev–Trinajstić information content (AvgIpc) is 3.63. The van der Waals surface area contributed by atoms with Crippen LogP contribution in [0.1, 0.15) is 58.7 Å². The van der Waals surface area contributed by atoms with Crippen molar-refractivity contribution >= 4 is 17.8 Å². The number of hydrogen-bond acceptors (Lipinski definition) is 6. The zero-order valence-corrected chi connectivity index (χ0v) is 25.1. The molecule has 5 rings (SSSR count). The number of aryl methyl sites for hydroxylation is 2. The number of aliphatic hydroxyl groups excluding tert-OH is 1. The molecule has 7 heteroatoms. The molecule has 0 saturated carbocycles. The summed E-state index contributed by atoms with van der Waals surface area (Å²) in [4.78, 5) is 42.5. The maximum Gasteiger partial charge on any atom is 0.417 e. The third-order valence-electron chi connectivity index (χ3n) is 8.10. The topological polar surface area (TPSA) is 97.1 Å². The number of nitrogens with zero attached hydrogens (tertiary/aromatic N) is 1. The van der Waals surface area contributed by atoms with Gasteiger partial charge in [-0.2, -0.15) is 0 Å². The highest BCUT2D eigenvalue weighted by Crippen LogP contribution is 2.32. The summed E-state index contributed by atoms with van der Waals surface area (Å²) in [5.41, 5.74) is 4.63. The van der Waals surface area contributed by atoms with Crippen molar-refractivity contribution in [3.63, 3.8) is 0 Å². The van der Waals surface area contributed by atoms with Gasteiger partial charge in [0.05, 0.1) is 6.04 Å². The quantitative estimate of drug-likeness (QED) is 0.0963. The molecule has 4 aromatic rings. The van der Waals surface area contributed by atoms with Crippen LogP contribution in [0.2, 0.25) is 0 Å². The Morgan fingerprint density at radius 1 is 0.886 bits per heavy atom. The number of unbranched alkanes of at least 4 members (excludes halogenated alkanes) is 3. The van der Waals surface area contributed by atoms with Crippen LogP contribution in [0.15, 0.2) is 95.4 Å². The van der Waals surface area contributed by atoms with Crippen molar-refractivity contribution in [1.29, 1.82) is 0 Å². The third kappa shape index (κ3) is 7.53. The lowest BCUT2D eigenvalue weighted by atomic mass is 9.91. The van der Waals surface area contributed by atoms with Crippen LogP contribution < -0.4 is 0 Å². The van der Waals surface area contributed by atoms with Crippen LogP contribution in [0.3, 0.4) is 0 Å². The molecule has 2 unspecified atom stereocenters. The summed E-state index contributed by atoms with van der Waals surface area (Å²) >= 11 is 0. The molecule has 0 spiro atoms. The SMILES string of the molecule is Cc1cccc(-c2cc(C(=O)C(Cc3ccccc3)C(=O)N3C(=O)OCC3Cc3ccccc3)oc2CCCCCCO)c1. The number of carbonyl (C=O) groups excluding carboxylic acids is 3. The molecule has 0 aliphatic carbocycles. The largest absolute Gasteiger partial charge is 0.457 e. The summed E-state index contributed by atoms with van der Waals surface area (Å²) in [6, 6.07) is 28.2. The van der Waals surface area contributed by atoms with Gasteiger partial charge < -0.3 is 14.3 Å². The molecule has 1 aromatic heterocycles. The first-order chi connectivity index (χ1) is 21.4. The van der Waals surface area contributed by atoms with Gasteiger partial charge in [-0.05, 0) is 55.4 Å². The zero-order chi connectivity index (χ0) is 30.9. The van der Waals surface area contributed by atoms with Crippen molar-refractivity contribution in [3.05, 3.63) is 119 Å². The molecule has 2 atom stereocenters. The fourth-order valence-electron chi connectivity index (χ4n) is 5.79. The number of hydrogen-bond donors (Lipinski definition) is 1. The van der Waals surface area contributed by atoms with E-state index in [1.807, 2.05) is 85.8 Å². The fraction of sp³-hybridized carbons (Fsp3) is 0.324. The number of imide groups is 1. The lowest BCUT2D eigenvalue weighted by Gasteiger charge is -2.24. The molecule has 228 valence electrons. The molecule has 0 radical (unpaired) electrons. The Labute approximate surface area is 258 Å². The van der Waals surface area contributed by atoms with Gasteiger partial charge in [-0.15, -0.1) is 0 Å². The van der Waals surface area contributed by atoms with Crippen molar-refractivity contribution in [2.24, 2.45) is 5.92 Å². The van der Waals surface area contributed by atoms with Crippen LogP contribution in [-0.4, -0.2) is 47.0 Å². The van der Waals surface area contributed by atoms with Crippen LogP contribution in [0.25, 0.3) is 11.1 Å². The zero-order valence-electron chi connectivity index (χ0n) is 25.1. The summed E-state index contributed by atoms with van der Waals surface area (Å²) in [7, 11) is 0. The molecule has 1 aliphatic rings. The number of benzene rings is 3. The van der Waals surface area contributed by atoms with E-state index < -0.39 is 29.7 Å². The Balaban J connectivity index is 1.47. The van der Waals surface area contributed by atoms with E-state index in [1.54, 1.807) is 6.07 Å². The highest BCUT2D eigenvalue weighted by atomic mass is 16.6. The van der Waals surface area contributed by atoms with Crippen molar-refractivity contribution in [3.8, 4) is 11.1 Å². The number of carbonyl (C=O) groups is 3. The van der Waals surface area contributed by atoms with Crippen LogP contribution in [0.4, 0.5) is 4.79 Å². The summed E-state index contributed by atoms with van der Waals surface area (Å²) in [6.45, 7) is 2.26. The number of aliphatic hydroxyl groups is 1. The molecule has 1 saturated heterocycles. The predicted molar refractivity (Wildman–Crippen MR) is 168 cm³/mol. The molecule has 0 bridgehead atoms. The van der Waals surface area contributed by atoms with Crippen LogP contribution >= 0.6 is 0 Å². The summed E-state index contributed by atoms with van der Waals surface area (Å²) in [5.74, 6) is -1.42. The number of ketones is 1. The Kier molecular flexibility index (Phi) is 10.4. The monoisotopic (exact) mass is 593 g/mol. The van der Waals surface area contributed by atoms with E-state index in [4.69, 9.17) is 14.3 Å². The summed E-state index contributed by atoms with van der Waals surface area (Å²) in [6.07, 6.45) is 3.87. The lowest BCUT2D eigenvalue weighted by Crippen LogP contribution is -2.46. The van der Waals surface area contributed by atoms with Crippen molar-refractivity contribution in [2.75, 3.05) is 13.2 Å². The lowest BCUT2D eigenvalue weighted by molar-refractivity contribution is -0.131. The first-order valence-electron chi connectivity index (χ1n) is 15.4. The normalized spacial score (nSPS) is 15.3. The maximum atomic E-state index is 14.3. The minimum atomic E-state index is -1.17. The molecule has 2 amide bonds. The van der Waals surface area contributed by atoms with Crippen molar-refractivity contribution < 1.29 is 28.6 Å². The molecular weight excluding hydrogens is 554 g/mol. The van der Waals surface area contributed by atoms with E-state index in [2.05, 4.69) is 6.07 Å². The molecule has 1 N–H and O–H groups in total. The summed E-state index contributed by atoms with van der Waals surface area (Å²) < 4.78 is 11.6. The van der Waals surface area contributed by atoms with Crippen molar-refractivity contribution in [2.45, 2.75) is 57.9 Å². The number of furan rings is 1. The van der Waals surface area contributed by atoms with Gasteiger partial charge in [-0.1, -0.05) is 103 Å². The van der Waals surface area contributed by atoms with Gasteiger partial charge >= 0.3 is 6.09 Å². The predicted octanol–water partition coefficient (Wildman–Crippen LogP) is 6.98. The molecular formula is C37H39NO6. The Bertz CT molecular complexity index is 1560. The molecule has 1 aliphatic heterocycles. The molecule has 44 heavy (non-hydrogen) atoms. The van der Waals surface area contributed by atoms with Gasteiger partial charge in [0.1, 0.15) is 18.3 Å². The van der Waals surface area contributed by atoms with E-state index >= 15 is 0 Å². The molecule has 2 heterocycles. The first kappa shape index (κ1) is 31.0. The minimum Gasteiger partial charge on any atom is -0.457 e. The number of rotatable bonds is 14. The molecule has 1 fully saturated rings. The number of amides is 2. The molecule has 7 nitrogen and oxygen atoms in total. The highest BCUT2D eigenvalue weighted by Gasteiger charge is 2.44. The van der Waals surface area contributed by atoms with Gasteiger partial charge in [0.25, 0.3) is 0 Å². The Hall–Kier alpha value is -4.49. The number of ether oxygens (including phenoxy) is 1. The van der Waals surface area contributed by atoms with Gasteiger partial charge in [0.2, 0.25) is 11.7 Å². The second kappa shape index (κ2) is 14.8. The second-order valence-corrected chi connectivity index (χ2v) is 11.4. The maximum absolute atomic E-state index is 14.3. The van der Waals surface area contributed by atoms with Gasteiger partial charge in [-0.25, -0.2) is 9.69 Å². The van der Waals surface area contributed by atoms with Gasteiger partial charge in [-0.3, -0.25) is 9.59 Å². The van der Waals surface area contributed by atoms with Crippen LogP contribution in [-0.2, 0) is 28.8 Å². The number of Topliss-reactive ketones (excluding diaryl/α,β-unsaturated/α-hetero) is 1. The van der Waals surface area contributed by atoms with E-state index in [-0.39, 0.29) is 25.4 Å². The van der Waals surface area contributed by atoms with Gasteiger partial charge in [0.15, 0.2) is 5.76 Å². The van der Waals surface area contributed by atoms with E-state index in [1.165, 1.54) is 0 Å². The fourth-order valence-corrected chi connectivity index (χ4v) is 5.79. The Morgan fingerprint density at radius 3 is 2.30 bits per heavy atom. The third-order valence-corrected chi connectivity index (χ3v) is 8.10. The summed E-state index contributed by atoms with van der Waals surface area (Å²) in [5, 5.41) is 9.14. The second-order valence-electron chi connectivity index (χ2n) is 11.4. The Morgan fingerprint density at radius 2 is 1.59 bits per heavy atom. The number of cyclic esters (lactones) is 1. The molecule has 3 aromatic carbocycles. The van der Waals surface area contributed by atoms with Gasteiger partial charge in [0, 0.05) is 18.6 Å². The van der Waals surface area contributed by atoms with E-state index in [9.17, 15) is 14.4 Å². The van der Waals surface area contributed by atoms with E-state index in [0.29, 0.717) is 18.6 Å². The standard InChI is InChI=1S/C37H39NO6/c1-26-13-12-18-29(21-26)31-24-34(44-33(31)19-10-2-3-11-20-39)35(40)32(23-28-16-8-5-9-17-28)36(41)38-30(25-43-37(38)42)22-27-14-6-4-7-15-27/h4-9,12-18,21,24,30,32,39H,2-3,10-11,19-20,22-23,25H2,1H3. The van der Waals surface area contributed by atoms with E-state index in [0.717, 1.165) is 58.4 Å². The smallest absolute Gasteiger partial charge is 0.417 e. The first-order valence-corrected chi connectivity index (χ1v) is 15.4. The minimum absolute atomic E-state index is 0.0738. The van der Waals surface area contributed by atoms with Crippen LogP contribution in [0, 0.1) is 12.8 Å².